The van der Waals surface area contributed by atoms with Crippen molar-refractivity contribution >= 4 is 117 Å². The Morgan fingerprint density at radius 1 is 0.220 bits per heavy atom. The van der Waals surface area contributed by atoms with Crippen LogP contribution < -0.4 is 0 Å². The van der Waals surface area contributed by atoms with E-state index in [1.165, 1.54) is 83.8 Å². The molecule has 0 aliphatic heterocycles. The molecule has 4 nitrogen and oxygen atoms in total. The molecule has 17 rings (SSSR count). The number of fused-ring (bicyclic) bond motifs is 14. The van der Waals surface area contributed by atoms with Gasteiger partial charge in [-0.1, -0.05) is 231 Å². The summed E-state index contributed by atoms with van der Waals surface area (Å²) < 4.78 is 5.31. The lowest BCUT2D eigenvalue weighted by atomic mass is 9.94. The molecule has 0 radical (unpaired) electrons. The fourth-order valence-electron chi connectivity index (χ4n) is 12.2. The lowest BCUT2D eigenvalue weighted by Crippen LogP contribution is -1.96. The van der Waals surface area contributed by atoms with Crippen molar-refractivity contribution in [2.24, 2.45) is 0 Å². The van der Waals surface area contributed by atoms with Crippen LogP contribution in [0.25, 0.3) is 162 Å². The highest BCUT2D eigenvalue weighted by Gasteiger charge is 2.18. The molecule has 82 heavy (non-hydrogen) atoms. The van der Waals surface area contributed by atoms with Crippen molar-refractivity contribution in [2.75, 3.05) is 0 Å². The van der Waals surface area contributed by atoms with E-state index < -0.39 is 0 Å². The minimum absolute atomic E-state index is 0.731. The van der Waals surface area contributed by atoms with Gasteiger partial charge in [0.1, 0.15) is 0 Å². The number of hydrogen-bond acceptors (Lipinski definition) is 6. The first-order valence-corrected chi connectivity index (χ1v) is 29.2. The van der Waals surface area contributed by atoms with Gasteiger partial charge < -0.3 is 0 Å². The van der Waals surface area contributed by atoms with Crippen molar-refractivity contribution in [2.45, 2.75) is 0 Å². The van der Waals surface area contributed by atoms with Crippen LogP contribution in [0.2, 0.25) is 0 Å². The van der Waals surface area contributed by atoms with E-state index >= 15 is 0 Å². The maximum Gasteiger partial charge on any atom is 0.160 e. The number of aromatic nitrogens is 4. The van der Waals surface area contributed by atoms with Crippen LogP contribution in [0, 0.1) is 0 Å². The van der Waals surface area contributed by atoms with E-state index in [0.29, 0.717) is 0 Å². The minimum atomic E-state index is 0.731. The molecule has 0 saturated heterocycles. The molecule has 0 bridgehead atoms. The number of hydrogen-bond donors (Lipinski definition) is 0. The third-order valence-electron chi connectivity index (χ3n) is 15.9. The summed E-state index contributed by atoms with van der Waals surface area (Å²) in [7, 11) is 0. The Morgan fingerprint density at radius 2 is 0.659 bits per heavy atom. The second-order valence-corrected chi connectivity index (χ2v) is 22.9. The van der Waals surface area contributed by atoms with Gasteiger partial charge >= 0.3 is 0 Å². The van der Waals surface area contributed by atoms with E-state index in [1.54, 1.807) is 0 Å². The molecule has 0 amide bonds. The summed E-state index contributed by atoms with van der Waals surface area (Å²) in [5, 5.41) is 14.9. The third kappa shape index (κ3) is 8.18. The van der Waals surface area contributed by atoms with E-state index in [4.69, 9.17) is 19.9 Å². The molecule has 0 aliphatic rings. The quantitative estimate of drug-likeness (QED) is 0.156. The van der Waals surface area contributed by atoms with Gasteiger partial charge in [0, 0.05) is 73.4 Å². The normalized spacial score (nSPS) is 11.7. The first kappa shape index (κ1) is 47.7. The summed E-state index contributed by atoms with van der Waals surface area (Å²) in [6.07, 6.45) is 0. The van der Waals surface area contributed by atoms with Gasteiger partial charge in [-0.15, -0.1) is 22.7 Å². The van der Waals surface area contributed by atoms with Gasteiger partial charge in [-0.2, -0.15) is 0 Å². The van der Waals surface area contributed by atoms with Crippen molar-refractivity contribution < 1.29 is 0 Å². The number of rotatable bonds is 6. The lowest BCUT2D eigenvalue weighted by molar-refractivity contribution is 1.23. The second kappa shape index (κ2) is 19.8. The van der Waals surface area contributed by atoms with Crippen molar-refractivity contribution in [3.05, 3.63) is 279 Å². The van der Waals surface area contributed by atoms with Crippen molar-refractivity contribution in [1.82, 2.24) is 19.9 Å². The van der Waals surface area contributed by atoms with Crippen LogP contribution in [0.3, 0.4) is 0 Å². The Balaban J connectivity index is 0.000000136. The molecule has 0 spiro atoms. The SMILES string of the molecule is c1ccc(-c2nc(-c3cccc(-c4cccc5c4ccc4sc6ccccc6c45)c3)nc3ccc4ccccc4c23)cc1.c1ccc(-c2nc(-c3cccc(-c4cccc5c4ccc4sc6ccccc6c45)c3)nc3ccccc23)cc1. The smallest absolute Gasteiger partial charge is 0.160 e. The molecule has 0 atom stereocenters. The molecular formula is C76H46N4S2. The van der Waals surface area contributed by atoms with Crippen LogP contribution in [0.4, 0.5) is 0 Å². The molecule has 0 unspecified atom stereocenters. The van der Waals surface area contributed by atoms with Crippen molar-refractivity contribution in [3.63, 3.8) is 0 Å². The zero-order chi connectivity index (χ0) is 54.1. The summed E-state index contributed by atoms with van der Waals surface area (Å²) in [5.74, 6) is 1.47. The Kier molecular flexibility index (Phi) is 11.5. The van der Waals surface area contributed by atoms with E-state index in [0.717, 1.165) is 78.2 Å². The molecule has 0 N–H and O–H groups in total. The topological polar surface area (TPSA) is 51.6 Å². The number of para-hydroxylation sites is 1. The first-order chi connectivity index (χ1) is 40.6. The Morgan fingerprint density at radius 3 is 1.26 bits per heavy atom. The standard InChI is InChI=1S/C40H24N2S.C36H22N2S/c1-2-11-26(12-3-1)39-38-30-15-5-4-10-25(30)20-22-34(38)41-40(42-39)28-14-8-13-27(24-28)29-17-9-18-32-31(29)21-23-36-37(32)33-16-6-7-19-35(33)43-36;1-2-10-23(11-3-1)35-29-14-4-6-18-31(29)37-36(38-35)25-13-8-12-24(22-25)26-16-9-17-28-27(26)20-21-33-34(28)30-15-5-7-19-32(30)39-33/h1-24H;1-22H. The van der Waals surface area contributed by atoms with Crippen LogP contribution in [-0.2, 0) is 0 Å². The van der Waals surface area contributed by atoms with Gasteiger partial charge in [-0.25, -0.2) is 19.9 Å². The molecule has 13 aromatic carbocycles. The molecule has 6 heteroatoms. The number of nitrogens with zero attached hydrogens (tertiary/aromatic N) is 4. The van der Waals surface area contributed by atoms with Gasteiger partial charge in [-0.3, -0.25) is 0 Å². The van der Waals surface area contributed by atoms with Crippen LogP contribution >= 0.6 is 22.7 Å². The highest BCUT2D eigenvalue weighted by molar-refractivity contribution is 7.26. The first-order valence-electron chi connectivity index (χ1n) is 27.6. The highest BCUT2D eigenvalue weighted by Crippen LogP contribution is 2.44. The van der Waals surface area contributed by atoms with Crippen molar-refractivity contribution in [1.29, 1.82) is 0 Å². The lowest BCUT2D eigenvalue weighted by Gasteiger charge is -2.13. The van der Waals surface area contributed by atoms with Gasteiger partial charge in [0.05, 0.1) is 22.4 Å². The van der Waals surface area contributed by atoms with Crippen LogP contribution in [0.15, 0.2) is 279 Å². The molecular weight excluding hydrogens is 1030 g/mol. The molecule has 0 saturated carbocycles. The second-order valence-electron chi connectivity index (χ2n) is 20.8. The molecule has 382 valence electrons. The number of benzene rings is 13. The van der Waals surface area contributed by atoms with Gasteiger partial charge in [0.15, 0.2) is 11.6 Å². The Bertz CT molecular complexity index is 5360. The molecule has 0 fully saturated rings. The Hall–Kier alpha value is -10.2. The van der Waals surface area contributed by atoms with E-state index in [9.17, 15) is 0 Å². The van der Waals surface area contributed by atoms with Crippen molar-refractivity contribution in [3.8, 4) is 67.5 Å². The maximum absolute atomic E-state index is 5.25. The molecule has 17 aromatic rings. The average molecular weight is 1080 g/mol. The fourth-order valence-corrected chi connectivity index (χ4v) is 14.4. The predicted octanol–water partition coefficient (Wildman–Crippen LogP) is 21.5. The van der Waals surface area contributed by atoms with Gasteiger partial charge in [0.2, 0.25) is 0 Å². The summed E-state index contributed by atoms with van der Waals surface area (Å²) >= 11 is 3.72. The number of thiophene rings is 2. The van der Waals surface area contributed by atoms with E-state index in [1.807, 2.05) is 46.9 Å². The van der Waals surface area contributed by atoms with Gasteiger partial charge in [-0.05, 0) is 103 Å². The van der Waals surface area contributed by atoms with Crippen LogP contribution in [0.1, 0.15) is 0 Å². The fraction of sp³-hybridized carbons (Fsp3) is 0. The van der Waals surface area contributed by atoms with Crippen LogP contribution in [0.5, 0.6) is 0 Å². The third-order valence-corrected chi connectivity index (χ3v) is 18.2. The summed E-state index contributed by atoms with van der Waals surface area (Å²) in [6.45, 7) is 0. The molecule has 4 heterocycles. The molecule has 0 aliphatic carbocycles. The van der Waals surface area contributed by atoms with E-state index in [2.05, 4.69) is 255 Å². The summed E-state index contributed by atoms with van der Waals surface area (Å²) in [6, 6.07) is 99.0. The molecule has 4 aromatic heterocycles. The van der Waals surface area contributed by atoms with Gasteiger partial charge in [0.25, 0.3) is 0 Å². The maximum atomic E-state index is 5.25. The Labute approximate surface area is 480 Å². The average Bonchev–Trinajstić information content (AvgIpc) is 4.34. The largest absolute Gasteiger partial charge is 0.228 e. The highest BCUT2D eigenvalue weighted by atomic mass is 32.1. The monoisotopic (exact) mass is 1080 g/mol. The summed E-state index contributed by atoms with van der Waals surface area (Å²) in [4.78, 5) is 20.5. The summed E-state index contributed by atoms with van der Waals surface area (Å²) in [5.41, 5.74) is 12.8. The zero-order valence-corrected chi connectivity index (χ0v) is 45.8. The zero-order valence-electron chi connectivity index (χ0n) is 44.2. The van der Waals surface area contributed by atoms with E-state index in [-0.39, 0.29) is 0 Å². The predicted molar refractivity (Wildman–Crippen MR) is 350 cm³/mol. The van der Waals surface area contributed by atoms with Crippen LogP contribution in [-0.4, -0.2) is 19.9 Å². The minimum Gasteiger partial charge on any atom is -0.228 e.